The van der Waals surface area contributed by atoms with E-state index in [9.17, 15) is 14.0 Å². The Morgan fingerprint density at radius 2 is 1.85 bits per heavy atom. The van der Waals surface area contributed by atoms with Crippen LogP contribution in [0.25, 0.3) is 0 Å². The number of nitrogens with one attached hydrogen (secondary N) is 2. The van der Waals surface area contributed by atoms with E-state index in [1.807, 2.05) is 19.1 Å². The fourth-order valence-corrected chi connectivity index (χ4v) is 3.81. The maximum absolute atomic E-state index is 13.8. The summed E-state index contributed by atoms with van der Waals surface area (Å²) in [6, 6.07) is 12.2. The summed E-state index contributed by atoms with van der Waals surface area (Å²) in [7, 11) is 0. The van der Waals surface area contributed by atoms with Gasteiger partial charge in [0.1, 0.15) is 5.82 Å². The Balaban J connectivity index is 1.48. The van der Waals surface area contributed by atoms with E-state index < -0.39 is 5.82 Å². The van der Waals surface area contributed by atoms with E-state index in [1.165, 1.54) is 29.3 Å². The van der Waals surface area contributed by atoms with Crippen molar-refractivity contribution in [3.8, 4) is 0 Å². The highest BCUT2D eigenvalue weighted by Gasteiger charge is 2.39. The minimum absolute atomic E-state index is 0.00248. The molecule has 3 unspecified atom stereocenters. The molecule has 140 valence electrons. The molecule has 0 aromatic heterocycles. The summed E-state index contributed by atoms with van der Waals surface area (Å²) in [5.74, 6) is -0.592. The fraction of sp³-hybridized carbons (Fsp3) is 0.364. The van der Waals surface area contributed by atoms with Crippen LogP contribution in [0, 0.1) is 17.7 Å². The Labute approximate surface area is 158 Å². The Hall–Kier alpha value is -2.69. The molecule has 0 heterocycles. The smallest absolute Gasteiger partial charge is 0.253 e. The van der Waals surface area contributed by atoms with Crippen LogP contribution in [0.2, 0.25) is 0 Å². The zero-order valence-corrected chi connectivity index (χ0v) is 15.3. The van der Waals surface area contributed by atoms with Crippen LogP contribution in [0.4, 0.5) is 10.1 Å². The first kappa shape index (κ1) is 17.7. The molecule has 4 nitrogen and oxygen atoms in total. The number of halogens is 1. The highest BCUT2D eigenvalue weighted by Crippen LogP contribution is 2.38. The second-order valence-electron chi connectivity index (χ2n) is 7.68. The Kier molecular flexibility index (Phi) is 4.68. The predicted molar refractivity (Wildman–Crippen MR) is 102 cm³/mol. The molecule has 2 N–H and O–H groups in total. The van der Waals surface area contributed by atoms with E-state index in [0.29, 0.717) is 11.6 Å². The fourth-order valence-electron chi connectivity index (χ4n) is 3.81. The van der Waals surface area contributed by atoms with Gasteiger partial charge >= 0.3 is 0 Å². The summed E-state index contributed by atoms with van der Waals surface area (Å²) in [6.45, 7) is 2.02. The van der Waals surface area contributed by atoms with Crippen molar-refractivity contribution in [3.63, 3.8) is 0 Å². The third kappa shape index (κ3) is 3.87. The zero-order chi connectivity index (χ0) is 19.0. The van der Waals surface area contributed by atoms with Gasteiger partial charge in [-0.2, -0.15) is 0 Å². The molecule has 5 heteroatoms. The average Bonchev–Trinajstić information content (AvgIpc) is 3.40. The number of amides is 2. The number of fused-ring (bicyclic) bond motifs is 1. The van der Waals surface area contributed by atoms with Crippen molar-refractivity contribution in [1.29, 1.82) is 0 Å². The lowest BCUT2D eigenvalue weighted by Gasteiger charge is -2.26. The predicted octanol–water partition coefficient (Wildman–Crippen LogP) is 3.71. The molecule has 4 rings (SSSR count). The van der Waals surface area contributed by atoms with E-state index in [4.69, 9.17) is 0 Å². The first-order valence-corrected chi connectivity index (χ1v) is 9.49. The van der Waals surface area contributed by atoms with Crippen LogP contribution < -0.4 is 10.6 Å². The number of hydrogen-bond acceptors (Lipinski definition) is 2. The van der Waals surface area contributed by atoms with Crippen LogP contribution in [0.15, 0.2) is 42.5 Å². The van der Waals surface area contributed by atoms with Gasteiger partial charge in [0.05, 0.1) is 11.3 Å². The van der Waals surface area contributed by atoms with Crippen molar-refractivity contribution < 1.29 is 14.0 Å². The molecule has 27 heavy (non-hydrogen) atoms. The molecule has 0 radical (unpaired) electrons. The van der Waals surface area contributed by atoms with Crippen LogP contribution >= 0.6 is 0 Å². The van der Waals surface area contributed by atoms with Gasteiger partial charge in [-0.1, -0.05) is 31.2 Å². The summed E-state index contributed by atoms with van der Waals surface area (Å²) in [4.78, 5) is 25.0. The number of hydrogen-bond donors (Lipinski definition) is 2. The summed E-state index contributed by atoms with van der Waals surface area (Å²) in [5.41, 5.74) is 3.11. The van der Waals surface area contributed by atoms with Crippen molar-refractivity contribution in [2.75, 3.05) is 5.32 Å². The van der Waals surface area contributed by atoms with Gasteiger partial charge in [0.25, 0.3) is 5.91 Å². The summed E-state index contributed by atoms with van der Waals surface area (Å²) in [6.07, 6.45) is 3.38. The van der Waals surface area contributed by atoms with Crippen molar-refractivity contribution in [1.82, 2.24) is 5.32 Å². The van der Waals surface area contributed by atoms with Crippen LogP contribution in [0.1, 0.15) is 41.3 Å². The third-order valence-corrected chi connectivity index (χ3v) is 5.61. The van der Waals surface area contributed by atoms with Gasteiger partial charge in [-0.05, 0) is 60.9 Å². The molecule has 2 aromatic rings. The number of rotatable bonds is 4. The normalized spacial score (nSPS) is 23.3. The van der Waals surface area contributed by atoms with Gasteiger partial charge in [-0.3, -0.25) is 9.59 Å². The lowest BCUT2D eigenvalue weighted by molar-refractivity contribution is -0.117. The number of aryl methyl sites for hydroxylation is 1. The topological polar surface area (TPSA) is 58.2 Å². The largest absolute Gasteiger partial charge is 0.349 e. The zero-order valence-electron chi connectivity index (χ0n) is 15.3. The van der Waals surface area contributed by atoms with E-state index in [0.717, 1.165) is 25.7 Å². The quantitative estimate of drug-likeness (QED) is 0.867. The molecule has 1 fully saturated rings. The number of benzene rings is 2. The lowest BCUT2D eigenvalue weighted by atomic mass is 9.88. The van der Waals surface area contributed by atoms with Crippen LogP contribution in [-0.2, 0) is 17.6 Å². The van der Waals surface area contributed by atoms with E-state index >= 15 is 0 Å². The molecule has 2 aromatic carbocycles. The molecule has 2 amide bonds. The van der Waals surface area contributed by atoms with Crippen molar-refractivity contribution in [3.05, 3.63) is 65.0 Å². The number of carbonyl (C=O) groups is 2. The minimum Gasteiger partial charge on any atom is -0.349 e. The SMILES string of the molecule is CC1CC1C(=O)Nc1ccc(F)cc1C(=O)NC1CCc2ccccc2C1. The molecule has 0 aliphatic heterocycles. The maximum Gasteiger partial charge on any atom is 0.253 e. The van der Waals surface area contributed by atoms with Crippen LogP contribution in [0.3, 0.4) is 0 Å². The van der Waals surface area contributed by atoms with Gasteiger partial charge in [-0.25, -0.2) is 4.39 Å². The third-order valence-electron chi connectivity index (χ3n) is 5.61. The monoisotopic (exact) mass is 366 g/mol. The number of carbonyl (C=O) groups excluding carboxylic acids is 2. The standard InChI is InChI=1S/C22H23FN2O2/c1-13-10-18(13)21(26)25-20-9-7-16(23)12-19(20)22(27)24-17-8-6-14-4-2-3-5-15(14)11-17/h2-5,7,9,12-13,17-18H,6,8,10-11H2,1H3,(H,24,27)(H,25,26). The molecule has 0 spiro atoms. The first-order chi connectivity index (χ1) is 13.0. The minimum atomic E-state index is -0.494. The summed E-state index contributed by atoms with van der Waals surface area (Å²) < 4.78 is 13.8. The molecular weight excluding hydrogens is 343 g/mol. The molecule has 1 saturated carbocycles. The Morgan fingerprint density at radius 1 is 1.11 bits per heavy atom. The molecule has 3 atom stereocenters. The number of anilines is 1. The molecular formula is C22H23FN2O2. The molecule has 2 aliphatic carbocycles. The van der Waals surface area contributed by atoms with Gasteiger partial charge in [0.15, 0.2) is 0 Å². The second kappa shape index (κ2) is 7.14. The van der Waals surface area contributed by atoms with Gasteiger partial charge in [0, 0.05) is 12.0 Å². The van der Waals surface area contributed by atoms with E-state index in [-0.39, 0.29) is 29.3 Å². The van der Waals surface area contributed by atoms with Gasteiger partial charge in [0.2, 0.25) is 5.91 Å². The van der Waals surface area contributed by atoms with E-state index in [1.54, 1.807) is 0 Å². The lowest BCUT2D eigenvalue weighted by Crippen LogP contribution is -2.39. The van der Waals surface area contributed by atoms with Crippen molar-refractivity contribution in [2.24, 2.45) is 11.8 Å². The average molecular weight is 366 g/mol. The van der Waals surface area contributed by atoms with Crippen molar-refractivity contribution in [2.45, 2.75) is 38.6 Å². The maximum atomic E-state index is 13.8. The first-order valence-electron chi connectivity index (χ1n) is 9.49. The van der Waals surface area contributed by atoms with Crippen LogP contribution in [0.5, 0.6) is 0 Å². The Bertz CT molecular complexity index is 896. The summed E-state index contributed by atoms with van der Waals surface area (Å²) in [5, 5.41) is 5.81. The van der Waals surface area contributed by atoms with Crippen molar-refractivity contribution >= 4 is 17.5 Å². The van der Waals surface area contributed by atoms with Gasteiger partial charge < -0.3 is 10.6 Å². The Morgan fingerprint density at radius 3 is 2.59 bits per heavy atom. The van der Waals surface area contributed by atoms with E-state index in [2.05, 4.69) is 22.8 Å². The van der Waals surface area contributed by atoms with Crippen LogP contribution in [-0.4, -0.2) is 17.9 Å². The molecule has 2 aliphatic rings. The molecule has 0 saturated heterocycles. The highest BCUT2D eigenvalue weighted by molar-refractivity contribution is 6.04. The highest BCUT2D eigenvalue weighted by atomic mass is 19.1. The molecule has 0 bridgehead atoms. The van der Waals surface area contributed by atoms with Gasteiger partial charge in [-0.15, -0.1) is 0 Å². The summed E-state index contributed by atoms with van der Waals surface area (Å²) >= 11 is 0. The second-order valence-corrected chi connectivity index (χ2v) is 7.68.